The Bertz CT molecular complexity index is 127. The van der Waals surface area contributed by atoms with Crippen LogP contribution in [0.1, 0.15) is 27.7 Å². The minimum Gasteiger partial charge on any atom is -0.296 e. The second-order valence-corrected chi connectivity index (χ2v) is 3.12. The molecular weight excluding hydrogens is 132 g/mol. The van der Waals surface area contributed by atoms with E-state index in [1.807, 2.05) is 0 Å². The van der Waals surface area contributed by atoms with Gasteiger partial charge in [0.1, 0.15) is 0 Å². The largest absolute Gasteiger partial charge is 0.296 e. The van der Waals surface area contributed by atoms with Gasteiger partial charge in [0.25, 0.3) is 0 Å². The van der Waals surface area contributed by atoms with E-state index in [0.717, 1.165) is 0 Å². The first-order chi connectivity index (χ1) is 4.41. The molecule has 1 N–H and O–H groups in total. The quantitative estimate of drug-likeness (QED) is 0.484. The van der Waals surface area contributed by atoms with Gasteiger partial charge in [0.05, 0.1) is 0 Å². The van der Waals surface area contributed by atoms with E-state index in [4.69, 9.17) is 5.26 Å². The van der Waals surface area contributed by atoms with Crippen molar-refractivity contribution in [2.75, 3.05) is 0 Å². The lowest BCUT2D eigenvalue weighted by molar-refractivity contribution is -0.302. The number of rotatable bonds is 3. The van der Waals surface area contributed by atoms with Crippen molar-refractivity contribution < 1.29 is 14.9 Å². The van der Waals surface area contributed by atoms with Crippen LogP contribution in [-0.2, 0) is 9.68 Å². The summed E-state index contributed by atoms with van der Waals surface area (Å²) in [7, 11) is 0. The Hall–Kier alpha value is -0.410. The maximum atomic E-state index is 11.1. The zero-order valence-electron chi connectivity index (χ0n) is 6.84. The molecule has 0 amide bonds. The van der Waals surface area contributed by atoms with Crippen LogP contribution >= 0.6 is 0 Å². The molecule has 3 nitrogen and oxygen atoms in total. The van der Waals surface area contributed by atoms with Crippen molar-refractivity contribution in [1.82, 2.24) is 0 Å². The van der Waals surface area contributed by atoms with E-state index >= 15 is 0 Å². The highest BCUT2D eigenvalue weighted by atomic mass is 17.1. The molecule has 3 heteroatoms. The highest BCUT2D eigenvalue weighted by molar-refractivity contribution is 5.87. The Balaban J connectivity index is 4.19. The van der Waals surface area contributed by atoms with E-state index in [-0.39, 0.29) is 11.7 Å². The molecule has 0 heterocycles. The lowest BCUT2D eigenvalue weighted by Gasteiger charge is -2.20. The Morgan fingerprint density at radius 1 is 1.50 bits per heavy atom. The summed E-state index contributed by atoms with van der Waals surface area (Å²) in [6.07, 6.45) is 0. The number of carbonyl (C=O) groups excluding carboxylic acids is 1. The zero-order chi connectivity index (χ0) is 8.36. The first-order valence-corrected chi connectivity index (χ1v) is 3.28. The summed E-state index contributed by atoms with van der Waals surface area (Å²) in [4.78, 5) is 15.1. The first kappa shape index (κ1) is 9.59. The fraction of sp³-hybridized carbons (Fsp3) is 0.857. The summed E-state index contributed by atoms with van der Waals surface area (Å²) >= 11 is 0. The third kappa shape index (κ3) is 2.08. The van der Waals surface area contributed by atoms with Crippen LogP contribution in [0.4, 0.5) is 0 Å². The summed E-state index contributed by atoms with van der Waals surface area (Å²) in [6.45, 7) is 6.61. The van der Waals surface area contributed by atoms with Gasteiger partial charge < -0.3 is 0 Å². The molecule has 0 aromatic heterocycles. The van der Waals surface area contributed by atoms with Crippen molar-refractivity contribution in [3.05, 3.63) is 0 Å². The highest BCUT2D eigenvalue weighted by Crippen LogP contribution is 2.14. The van der Waals surface area contributed by atoms with Crippen LogP contribution in [0.5, 0.6) is 0 Å². The molecule has 10 heavy (non-hydrogen) atoms. The van der Waals surface area contributed by atoms with E-state index in [9.17, 15) is 4.79 Å². The van der Waals surface area contributed by atoms with Crippen molar-refractivity contribution in [3.8, 4) is 0 Å². The molecular formula is C7H14O3. The van der Waals surface area contributed by atoms with Gasteiger partial charge in [-0.05, 0) is 13.8 Å². The van der Waals surface area contributed by atoms with E-state index in [0.29, 0.717) is 0 Å². The summed E-state index contributed by atoms with van der Waals surface area (Å²) < 4.78 is 0. The van der Waals surface area contributed by atoms with E-state index < -0.39 is 5.60 Å². The van der Waals surface area contributed by atoms with Crippen LogP contribution < -0.4 is 0 Å². The fourth-order valence-electron chi connectivity index (χ4n) is 0.740. The highest BCUT2D eigenvalue weighted by Gasteiger charge is 2.30. The minimum absolute atomic E-state index is 0.102. The molecule has 0 saturated carbocycles. The monoisotopic (exact) mass is 146 g/mol. The zero-order valence-corrected chi connectivity index (χ0v) is 6.84. The number of ketones is 1. The Kier molecular flexibility index (Phi) is 2.99. The van der Waals surface area contributed by atoms with Crippen molar-refractivity contribution in [1.29, 1.82) is 0 Å². The summed E-state index contributed by atoms with van der Waals surface area (Å²) in [5.41, 5.74) is -1.06. The van der Waals surface area contributed by atoms with Gasteiger partial charge in [0.2, 0.25) is 0 Å². The van der Waals surface area contributed by atoms with Gasteiger partial charge in [-0.1, -0.05) is 13.8 Å². The molecule has 0 bridgehead atoms. The molecule has 0 fully saturated rings. The second kappa shape index (κ2) is 3.12. The normalized spacial score (nSPS) is 12.2. The van der Waals surface area contributed by atoms with Crippen LogP contribution in [0.2, 0.25) is 0 Å². The second-order valence-electron chi connectivity index (χ2n) is 3.12. The van der Waals surface area contributed by atoms with Gasteiger partial charge in [-0.15, -0.1) is 0 Å². The average molecular weight is 146 g/mol. The van der Waals surface area contributed by atoms with Gasteiger partial charge in [-0.25, -0.2) is 4.89 Å². The van der Waals surface area contributed by atoms with Crippen LogP contribution in [0, 0.1) is 5.92 Å². The maximum absolute atomic E-state index is 11.1. The smallest absolute Gasteiger partial charge is 0.169 e. The number of carbonyl (C=O) groups is 1. The molecule has 60 valence electrons. The Morgan fingerprint density at radius 3 is 2.00 bits per heavy atom. The fourth-order valence-corrected chi connectivity index (χ4v) is 0.740. The van der Waals surface area contributed by atoms with Gasteiger partial charge >= 0.3 is 0 Å². The van der Waals surface area contributed by atoms with Crippen LogP contribution in [0.3, 0.4) is 0 Å². The van der Waals surface area contributed by atoms with Crippen molar-refractivity contribution in [3.63, 3.8) is 0 Å². The maximum Gasteiger partial charge on any atom is 0.169 e. The minimum atomic E-state index is -1.06. The third-order valence-electron chi connectivity index (χ3n) is 1.35. The van der Waals surface area contributed by atoms with E-state index in [1.54, 1.807) is 13.8 Å². The summed E-state index contributed by atoms with van der Waals surface area (Å²) in [6, 6.07) is 0. The van der Waals surface area contributed by atoms with E-state index in [2.05, 4.69) is 4.89 Å². The molecule has 0 aliphatic heterocycles. The Morgan fingerprint density at radius 2 is 1.90 bits per heavy atom. The van der Waals surface area contributed by atoms with Crippen molar-refractivity contribution in [2.24, 2.45) is 5.92 Å². The Labute approximate surface area is 60.9 Å². The number of hydrogen-bond donors (Lipinski definition) is 1. The van der Waals surface area contributed by atoms with Gasteiger partial charge in [0, 0.05) is 5.92 Å². The predicted octanol–water partition coefficient (Wildman–Crippen LogP) is 1.48. The first-order valence-electron chi connectivity index (χ1n) is 3.28. The van der Waals surface area contributed by atoms with Gasteiger partial charge in [0.15, 0.2) is 11.4 Å². The number of hydrogen-bond acceptors (Lipinski definition) is 3. The van der Waals surface area contributed by atoms with E-state index in [1.165, 1.54) is 13.8 Å². The average Bonchev–Trinajstić information content (AvgIpc) is 1.86. The van der Waals surface area contributed by atoms with Crippen molar-refractivity contribution in [2.45, 2.75) is 33.3 Å². The molecule has 0 spiro atoms. The van der Waals surface area contributed by atoms with Gasteiger partial charge in [-0.2, -0.15) is 0 Å². The van der Waals surface area contributed by atoms with Gasteiger partial charge in [-0.3, -0.25) is 10.1 Å². The molecule has 0 aromatic carbocycles. The number of Topliss-reactive ketones (excluding diaryl/α,β-unsaturated/α-hetero) is 1. The van der Waals surface area contributed by atoms with Crippen LogP contribution in [-0.4, -0.2) is 16.6 Å². The topological polar surface area (TPSA) is 46.5 Å². The molecule has 0 aliphatic carbocycles. The lowest BCUT2D eigenvalue weighted by Crippen LogP contribution is -2.37. The van der Waals surface area contributed by atoms with Crippen LogP contribution in [0.25, 0.3) is 0 Å². The summed E-state index contributed by atoms with van der Waals surface area (Å²) in [5.74, 6) is -0.211. The molecule has 0 atom stereocenters. The third-order valence-corrected chi connectivity index (χ3v) is 1.35. The molecule has 0 saturated heterocycles. The van der Waals surface area contributed by atoms with Crippen molar-refractivity contribution >= 4 is 5.78 Å². The molecule has 0 aliphatic rings. The van der Waals surface area contributed by atoms with Crippen LogP contribution in [0.15, 0.2) is 0 Å². The molecule has 0 aromatic rings. The molecule has 0 unspecified atom stereocenters. The standard InChI is InChI=1S/C7H14O3/c1-5(2)6(8)7(3,4)10-9/h5,9H,1-4H3. The lowest BCUT2D eigenvalue weighted by atomic mass is 9.95. The SMILES string of the molecule is CC(C)C(=O)C(C)(C)OO. The predicted molar refractivity (Wildman–Crippen MR) is 37.6 cm³/mol. The summed E-state index contributed by atoms with van der Waals surface area (Å²) in [5, 5.41) is 8.29. The molecule has 0 radical (unpaired) electrons. The molecule has 0 rings (SSSR count).